The van der Waals surface area contributed by atoms with E-state index in [0.717, 1.165) is 18.2 Å². The van der Waals surface area contributed by atoms with E-state index in [1.165, 1.54) is 10.9 Å². The van der Waals surface area contributed by atoms with E-state index in [-0.39, 0.29) is 10.7 Å². The van der Waals surface area contributed by atoms with E-state index >= 15 is 0 Å². The second-order valence-corrected chi connectivity index (χ2v) is 4.81. The molecule has 1 aromatic carbocycles. The van der Waals surface area contributed by atoms with Gasteiger partial charge in [0.05, 0.1) is 15.9 Å². The molecule has 1 aromatic heterocycles. The van der Waals surface area contributed by atoms with Crippen molar-refractivity contribution in [2.45, 2.75) is 5.16 Å². The van der Waals surface area contributed by atoms with Crippen LogP contribution >= 0.6 is 11.8 Å². The summed E-state index contributed by atoms with van der Waals surface area (Å²) < 4.78 is 1.48. The summed E-state index contributed by atoms with van der Waals surface area (Å²) in [4.78, 5) is 32.0. The highest BCUT2D eigenvalue weighted by Crippen LogP contribution is 2.27. The molecule has 0 aliphatic rings. The number of nitro benzene ring substituents is 2. The Labute approximate surface area is 121 Å². The Morgan fingerprint density at radius 1 is 1.19 bits per heavy atom. The predicted molar refractivity (Wildman–Crippen MR) is 70.9 cm³/mol. The zero-order valence-corrected chi connectivity index (χ0v) is 11.3. The summed E-state index contributed by atoms with van der Waals surface area (Å²) in [6, 6.07) is 2.77. The van der Waals surface area contributed by atoms with Crippen LogP contribution in [0.2, 0.25) is 0 Å². The molecule has 1 heterocycles. The normalized spacial score (nSPS) is 10.3. The van der Waals surface area contributed by atoms with Gasteiger partial charge in [0.15, 0.2) is 5.16 Å². The topological polar surface area (TPSA) is 134 Å². The number of nitrogens with zero attached hydrogens (tertiary/aromatic N) is 5. The first kappa shape index (κ1) is 14.6. The molecule has 10 nitrogen and oxygen atoms in total. The van der Waals surface area contributed by atoms with Gasteiger partial charge in [-0.15, -0.1) is 10.2 Å². The maximum Gasteiger partial charge on any atom is 0.277 e. The van der Waals surface area contributed by atoms with Crippen molar-refractivity contribution in [2.75, 3.05) is 0 Å². The molecule has 0 atom stereocenters. The number of carbonyl (C=O) groups excluding carboxylic acids is 1. The molecule has 0 unspecified atom stereocenters. The van der Waals surface area contributed by atoms with Crippen molar-refractivity contribution in [3.63, 3.8) is 0 Å². The number of carbonyl (C=O) groups is 1. The summed E-state index contributed by atoms with van der Waals surface area (Å²) in [5.74, 6) is 0. The van der Waals surface area contributed by atoms with E-state index in [0.29, 0.717) is 11.8 Å². The van der Waals surface area contributed by atoms with Crippen LogP contribution in [0.25, 0.3) is 0 Å². The fraction of sp³-hybridized carbons (Fsp3) is 0.100. The molecular weight excluding hydrogens is 302 g/mol. The van der Waals surface area contributed by atoms with Crippen LogP contribution in [0.3, 0.4) is 0 Å². The van der Waals surface area contributed by atoms with Gasteiger partial charge in [-0.05, 0) is 11.8 Å². The van der Waals surface area contributed by atoms with Crippen LogP contribution in [0.15, 0.2) is 29.7 Å². The number of hydrogen-bond acceptors (Lipinski definition) is 8. The fourth-order valence-electron chi connectivity index (χ4n) is 1.43. The monoisotopic (exact) mass is 309 g/mol. The highest BCUT2D eigenvalue weighted by Gasteiger charge is 2.21. The summed E-state index contributed by atoms with van der Waals surface area (Å²) in [5, 5.41) is 28.5. The first-order valence-electron chi connectivity index (χ1n) is 5.38. The lowest BCUT2D eigenvalue weighted by molar-refractivity contribution is -0.394. The van der Waals surface area contributed by atoms with Crippen molar-refractivity contribution in [1.29, 1.82) is 0 Å². The van der Waals surface area contributed by atoms with Crippen LogP contribution in [-0.4, -0.2) is 29.7 Å². The van der Waals surface area contributed by atoms with Crippen LogP contribution < -0.4 is 0 Å². The minimum atomic E-state index is -0.795. The molecule has 2 rings (SSSR count). The van der Waals surface area contributed by atoms with E-state index in [2.05, 4.69) is 10.2 Å². The minimum absolute atomic E-state index is 0.149. The van der Waals surface area contributed by atoms with Crippen LogP contribution in [0.5, 0.6) is 0 Å². The lowest BCUT2D eigenvalue weighted by Crippen LogP contribution is -2.01. The summed E-state index contributed by atoms with van der Waals surface area (Å²) in [7, 11) is 1.62. The SMILES string of the molecule is Cn1cnnc1SC(=O)c1cc([N+](=O)[O-])cc([N+](=O)[O-])c1. The molecule has 0 aliphatic heterocycles. The summed E-state index contributed by atoms with van der Waals surface area (Å²) in [6.45, 7) is 0. The Kier molecular flexibility index (Phi) is 3.93. The zero-order valence-electron chi connectivity index (χ0n) is 10.5. The lowest BCUT2D eigenvalue weighted by Gasteiger charge is -2.01. The van der Waals surface area contributed by atoms with E-state index in [4.69, 9.17) is 0 Å². The van der Waals surface area contributed by atoms with Crippen molar-refractivity contribution in [3.8, 4) is 0 Å². The van der Waals surface area contributed by atoms with E-state index in [9.17, 15) is 25.0 Å². The average Bonchev–Trinajstić information content (AvgIpc) is 2.83. The van der Waals surface area contributed by atoms with Gasteiger partial charge >= 0.3 is 0 Å². The highest BCUT2D eigenvalue weighted by atomic mass is 32.2. The molecular formula is C10H7N5O5S. The third-order valence-corrected chi connectivity index (χ3v) is 3.39. The second-order valence-electron chi connectivity index (χ2n) is 3.87. The number of nitro groups is 2. The smallest absolute Gasteiger partial charge is 0.277 e. The Hall–Kier alpha value is -2.82. The van der Waals surface area contributed by atoms with E-state index < -0.39 is 26.3 Å². The molecule has 2 aromatic rings. The molecule has 11 heteroatoms. The second kappa shape index (κ2) is 5.66. The summed E-state index contributed by atoms with van der Waals surface area (Å²) >= 11 is 0.676. The molecule has 0 amide bonds. The maximum atomic E-state index is 12.1. The molecule has 0 spiro atoms. The number of non-ortho nitro benzene ring substituents is 2. The van der Waals surface area contributed by atoms with Crippen LogP contribution in [0.1, 0.15) is 10.4 Å². The Morgan fingerprint density at radius 3 is 2.19 bits per heavy atom. The fourth-order valence-corrected chi connectivity index (χ4v) is 2.11. The molecule has 0 N–H and O–H groups in total. The third-order valence-electron chi connectivity index (χ3n) is 2.41. The number of thioether (sulfide) groups is 1. The Bertz CT molecular complexity index is 711. The zero-order chi connectivity index (χ0) is 15.6. The van der Waals surface area contributed by atoms with Crippen LogP contribution in [0, 0.1) is 20.2 Å². The standard InChI is InChI=1S/C10H7N5O5S/c1-13-5-11-12-10(13)21-9(16)6-2-7(14(17)18)4-8(3-6)15(19)20/h2-5H,1H3. The lowest BCUT2D eigenvalue weighted by atomic mass is 10.2. The molecule has 0 aliphatic carbocycles. The number of aryl methyl sites for hydroxylation is 1. The van der Waals surface area contributed by atoms with Gasteiger partial charge in [0.1, 0.15) is 6.33 Å². The molecule has 21 heavy (non-hydrogen) atoms. The van der Waals surface area contributed by atoms with Crippen molar-refractivity contribution >= 4 is 28.3 Å². The summed E-state index contributed by atoms with van der Waals surface area (Å²) in [6.07, 6.45) is 1.38. The molecule has 0 radical (unpaired) electrons. The van der Waals surface area contributed by atoms with Gasteiger partial charge < -0.3 is 4.57 Å². The van der Waals surface area contributed by atoms with Crippen molar-refractivity contribution in [1.82, 2.24) is 14.8 Å². The van der Waals surface area contributed by atoms with Gasteiger partial charge in [-0.1, -0.05) is 0 Å². The number of hydrogen-bond donors (Lipinski definition) is 0. The van der Waals surface area contributed by atoms with Gasteiger partial charge in [-0.3, -0.25) is 25.0 Å². The highest BCUT2D eigenvalue weighted by molar-refractivity contribution is 8.14. The Balaban J connectivity index is 2.38. The van der Waals surface area contributed by atoms with Gasteiger partial charge in [0, 0.05) is 24.7 Å². The first-order chi connectivity index (χ1) is 9.88. The third kappa shape index (κ3) is 3.20. The summed E-state index contributed by atoms with van der Waals surface area (Å²) in [5.41, 5.74) is -1.19. The van der Waals surface area contributed by atoms with E-state index in [1.54, 1.807) is 7.05 Å². The quantitative estimate of drug-likeness (QED) is 0.471. The van der Waals surface area contributed by atoms with Crippen LogP contribution in [-0.2, 0) is 7.05 Å². The Morgan fingerprint density at radius 2 is 1.76 bits per heavy atom. The molecule has 0 saturated heterocycles. The van der Waals surface area contributed by atoms with Crippen molar-refractivity contribution in [3.05, 3.63) is 50.3 Å². The largest absolute Gasteiger partial charge is 0.311 e. The average molecular weight is 309 g/mol. The molecule has 0 fully saturated rings. The first-order valence-corrected chi connectivity index (χ1v) is 6.20. The van der Waals surface area contributed by atoms with Crippen molar-refractivity contribution < 1.29 is 14.6 Å². The molecule has 108 valence electrons. The van der Waals surface area contributed by atoms with Gasteiger partial charge in [0.25, 0.3) is 11.4 Å². The predicted octanol–water partition coefficient (Wildman–Crippen LogP) is 1.56. The van der Waals surface area contributed by atoms with Crippen molar-refractivity contribution in [2.24, 2.45) is 7.05 Å². The number of benzene rings is 1. The van der Waals surface area contributed by atoms with Crippen LogP contribution in [0.4, 0.5) is 11.4 Å². The van der Waals surface area contributed by atoms with E-state index in [1.807, 2.05) is 0 Å². The molecule has 0 bridgehead atoms. The van der Waals surface area contributed by atoms with Gasteiger partial charge in [-0.25, -0.2) is 0 Å². The maximum absolute atomic E-state index is 12.1. The molecule has 0 saturated carbocycles. The number of rotatable bonds is 4. The number of aromatic nitrogens is 3. The minimum Gasteiger partial charge on any atom is -0.311 e. The van der Waals surface area contributed by atoms with Gasteiger partial charge in [-0.2, -0.15) is 0 Å². The van der Waals surface area contributed by atoms with Gasteiger partial charge in [0.2, 0.25) is 5.12 Å².